The highest BCUT2D eigenvalue weighted by atomic mass is 32.2. The van der Waals surface area contributed by atoms with Crippen LogP contribution in [0.15, 0.2) is 52.5 Å². The summed E-state index contributed by atoms with van der Waals surface area (Å²) in [7, 11) is -3.60. The second kappa shape index (κ2) is 5.50. The first-order valence-electron chi connectivity index (χ1n) is 5.40. The number of benzene rings is 1. The zero-order valence-electron chi connectivity index (χ0n) is 10.2. The summed E-state index contributed by atoms with van der Waals surface area (Å²) < 4.78 is 26.6. The van der Waals surface area contributed by atoms with Gasteiger partial charge in [-0.15, -0.1) is 11.8 Å². The van der Waals surface area contributed by atoms with Crippen molar-refractivity contribution >= 4 is 33.2 Å². The van der Waals surface area contributed by atoms with E-state index in [-0.39, 0.29) is 4.90 Å². The van der Waals surface area contributed by atoms with E-state index in [1.54, 1.807) is 24.3 Å². The van der Waals surface area contributed by atoms with Crippen molar-refractivity contribution in [3.63, 3.8) is 0 Å². The number of pyridine rings is 1. The molecule has 0 unspecified atom stereocenters. The van der Waals surface area contributed by atoms with E-state index in [0.717, 1.165) is 5.03 Å². The Hall–Kier alpha value is -1.73. The van der Waals surface area contributed by atoms with Crippen LogP contribution in [0.4, 0.5) is 11.4 Å². The van der Waals surface area contributed by atoms with Gasteiger partial charge in [0.25, 0.3) is 10.0 Å². The Bertz CT molecular complexity index is 652. The molecule has 0 spiro atoms. The number of thioether (sulfide) groups is 1. The molecule has 2 rings (SSSR count). The third kappa shape index (κ3) is 3.39. The molecule has 0 fully saturated rings. The quantitative estimate of drug-likeness (QED) is 0.667. The van der Waals surface area contributed by atoms with Crippen LogP contribution in [-0.4, -0.2) is 19.7 Å². The summed E-state index contributed by atoms with van der Waals surface area (Å²) in [5.41, 5.74) is 6.47. The van der Waals surface area contributed by atoms with Gasteiger partial charge in [0.15, 0.2) is 0 Å². The Labute approximate surface area is 116 Å². The normalized spacial score (nSPS) is 11.2. The zero-order chi connectivity index (χ0) is 13.9. The minimum atomic E-state index is -3.60. The van der Waals surface area contributed by atoms with Crippen molar-refractivity contribution in [1.82, 2.24) is 4.98 Å². The first kappa shape index (κ1) is 13.7. The van der Waals surface area contributed by atoms with Gasteiger partial charge in [-0.05, 0) is 42.7 Å². The Morgan fingerprint density at radius 3 is 2.37 bits per heavy atom. The fraction of sp³-hybridized carbons (Fsp3) is 0.0833. The standard InChI is InChI=1S/C12H13N3O2S2/c1-18-12-7-4-10(8-14-12)15-19(16,17)11-5-2-9(13)3-6-11/h2-8,15H,13H2,1H3. The number of nitrogens with zero attached hydrogens (tertiary/aromatic N) is 1. The first-order chi connectivity index (χ1) is 9.01. The summed E-state index contributed by atoms with van der Waals surface area (Å²) in [5.74, 6) is 0. The van der Waals surface area contributed by atoms with Crippen molar-refractivity contribution in [2.45, 2.75) is 9.92 Å². The lowest BCUT2D eigenvalue weighted by Gasteiger charge is -2.08. The molecular formula is C12H13N3O2S2. The monoisotopic (exact) mass is 295 g/mol. The maximum atomic E-state index is 12.1. The van der Waals surface area contributed by atoms with Crippen LogP contribution >= 0.6 is 11.8 Å². The van der Waals surface area contributed by atoms with Crippen LogP contribution < -0.4 is 10.5 Å². The predicted molar refractivity (Wildman–Crippen MR) is 77.7 cm³/mol. The van der Waals surface area contributed by atoms with E-state index in [1.807, 2.05) is 6.26 Å². The van der Waals surface area contributed by atoms with Crippen molar-refractivity contribution in [3.8, 4) is 0 Å². The van der Waals surface area contributed by atoms with Crippen molar-refractivity contribution < 1.29 is 8.42 Å². The van der Waals surface area contributed by atoms with Gasteiger partial charge in [0, 0.05) is 5.69 Å². The van der Waals surface area contributed by atoms with Gasteiger partial charge in [-0.3, -0.25) is 4.72 Å². The number of hydrogen-bond donors (Lipinski definition) is 2. The largest absolute Gasteiger partial charge is 0.399 e. The van der Waals surface area contributed by atoms with E-state index < -0.39 is 10.0 Å². The molecule has 1 heterocycles. The second-order valence-corrected chi connectivity index (χ2v) is 6.27. The lowest BCUT2D eigenvalue weighted by atomic mass is 10.3. The van der Waals surface area contributed by atoms with E-state index in [2.05, 4.69) is 9.71 Å². The maximum Gasteiger partial charge on any atom is 0.261 e. The molecule has 7 heteroatoms. The summed E-state index contributed by atoms with van der Waals surface area (Å²) in [6.45, 7) is 0. The highest BCUT2D eigenvalue weighted by molar-refractivity contribution is 7.98. The molecule has 0 saturated carbocycles. The number of hydrogen-bond acceptors (Lipinski definition) is 5. The summed E-state index contributed by atoms with van der Waals surface area (Å²) >= 11 is 1.49. The molecule has 0 radical (unpaired) electrons. The molecule has 0 aliphatic carbocycles. The topological polar surface area (TPSA) is 85.1 Å². The van der Waals surface area contributed by atoms with E-state index >= 15 is 0 Å². The van der Waals surface area contributed by atoms with Gasteiger partial charge in [-0.25, -0.2) is 13.4 Å². The summed E-state index contributed by atoms with van der Waals surface area (Å²) in [5, 5.41) is 0.829. The SMILES string of the molecule is CSc1ccc(NS(=O)(=O)c2ccc(N)cc2)cn1. The van der Waals surface area contributed by atoms with E-state index in [4.69, 9.17) is 5.73 Å². The van der Waals surface area contributed by atoms with E-state index in [0.29, 0.717) is 11.4 Å². The number of sulfonamides is 1. The smallest absolute Gasteiger partial charge is 0.261 e. The molecule has 5 nitrogen and oxygen atoms in total. The number of nitrogens with two attached hydrogens (primary N) is 1. The third-order valence-corrected chi connectivity index (χ3v) is 4.45. The van der Waals surface area contributed by atoms with Gasteiger partial charge in [0.2, 0.25) is 0 Å². The minimum absolute atomic E-state index is 0.163. The van der Waals surface area contributed by atoms with Crippen molar-refractivity contribution in [2.75, 3.05) is 16.7 Å². The van der Waals surface area contributed by atoms with E-state index in [1.165, 1.54) is 30.1 Å². The highest BCUT2D eigenvalue weighted by Gasteiger charge is 2.13. The molecule has 1 aromatic carbocycles. The van der Waals surface area contributed by atoms with Crippen LogP contribution in [-0.2, 0) is 10.0 Å². The molecule has 0 saturated heterocycles. The number of rotatable bonds is 4. The molecule has 0 bridgehead atoms. The van der Waals surface area contributed by atoms with Crippen molar-refractivity contribution in [1.29, 1.82) is 0 Å². The fourth-order valence-electron chi connectivity index (χ4n) is 1.42. The van der Waals surface area contributed by atoms with Gasteiger partial charge in [-0.1, -0.05) is 0 Å². The van der Waals surface area contributed by atoms with Gasteiger partial charge >= 0.3 is 0 Å². The van der Waals surface area contributed by atoms with Crippen LogP contribution in [0.2, 0.25) is 0 Å². The minimum Gasteiger partial charge on any atom is -0.399 e. The fourth-order valence-corrected chi connectivity index (χ4v) is 2.83. The Morgan fingerprint density at radius 2 is 1.84 bits per heavy atom. The van der Waals surface area contributed by atoms with Gasteiger partial charge in [0.05, 0.1) is 21.8 Å². The van der Waals surface area contributed by atoms with Crippen molar-refractivity contribution in [3.05, 3.63) is 42.6 Å². The average molecular weight is 295 g/mol. The molecule has 3 N–H and O–H groups in total. The number of nitrogen functional groups attached to an aromatic ring is 1. The van der Waals surface area contributed by atoms with Crippen LogP contribution in [0.25, 0.3) is 0 Å². The lowest BCUT2D eigenvalue weighted by molar-refractivity contribution is 0.601. The highest BCUT2D eigenvalue weighted by Crippen LogP contribution is 2.18. The molecule has 100 valence electrons. The molecule has 0 aliphatic heterocycles. The second-order valence-electron chi connectivity index (χ2n) is 3.76. The first-order valence-corrected chi connectivity index (χ1v) is 8.10. The van der Waals surface area contributed by atoms with E-state index in [9.17, 15) is 8.42 Å². The van der Waals surface area contributed by atoms with Crippen LogP contribution in [0.5, 0.6) is 0 Å². The lowest BCUT2D eigenvalue weighted by Crippen LogP contribution is -2.13. The predicted octanol–water partition coefficient (Wildman–Crippen LogP) is 2.19. The summed E-state index contributed by atoms with van der Waals surface area (Å²) in [6.07, 6.45) is 3.39. The maximum absolute atomic E-state index is 12.1. The molecule has 19 heavy (non-hydrogen) atoms. The van der Waals surface area contributed by atoms with Crippen molar-refractivity contribution in [2.24, 2.45) is 0 Å². The zero-order valence-corrected chi connectivity index (χ0v) is 11.8. The molecule has 0 aliphatic rings. The molecule has 1 aromatic heterocycles. The number of aromatic nitrogens is 1. The molecule has 2 aromatic rings. The van der Waals surface area contributed by atoms with Gasteiger partial charge in [0.1, 0.15) is 0 Å². The van der Waals surface area contributed by atoms with Gasteiger partial charge < -0.3 is 5.73 Å². The number of nitrogens with one attached hydrogen (secondary N) is 1. The number of anilines is 2. The van der Waals surface area contributed by atoms with Crippen LogP contribution in [0, 0.1) is 0 Å². The third-order valence-electron chi connectivity index (χ3n) is 2.39. The Balaban J connectivity index is 2.23. The molecule has 0 amide bonds. The summed E-state index contributed by atoms with van der Waals surface area (Å²) in [4.78, 5) is 4.27. The Kier molecular flexibility index (Phi) is 3.96. The Morgan fingerprint density at radius 1 is 1.16 bits per heavy atom. The summed E-state index contributed by atoms with van der Waals surface area (Å²) in [6, 6.07) is 9.44. The van der Waals surface area contributed by atoms with Crippen LogP contribution in [0.1, 0.15) is 0 Å². The van der Waals surface area contributed by atoms with Gasteiger partial charge in [-0.2, -0.15) is 0 Å². The average Bonchev–Trinajstić information content (AvgIpc) is 2.40. The van der Waals surface area contributed by atoms with Crippen LogP contribution in [0.3, 0.4) is 0 Å². The molecular weight excluding hydrogens is 282 g/mol. The molecule has 0 atom stereocenters.